The Labute approximate surface area is 146 Å². The van der Waals surface area contributed by atoms with Gasteiger partial charge in [-0.3, -0.25) is 0 Å². The summed E-state index contributed by atoms with van der Waals surface area (Å²) in [5.74, 6) is 0.145. The first-order valence-corrected chi connectivity index (χ1v) is 8.12. The third-order valence-corrected chi connectivity index (χ3v) is 4.14. The summed E-state index contributed by atoms with van der Waals surface area (Å²) in [4.78, 5) is 11.4. The van der Waals surface area contributed by atoms with Gasteiger partial charge in [0.1, 0.15) is 12.4 Å². The lowest BCUT2D eigenvalue weighted by atomic mass is 9.99. The highest BCUT2D eigenvalue weighted by Gasteiger charge is 2.15. The molecule has 1 N–H and O–H groups in total. The van der Waals surface area contributed by atoms with Crippen LogP contribution in [-0.4, -0.2) is 30.4 Å². The second-order valence-electron chi connectivity index (χ2n) is 5.85. The van der Waals surface area contributed by atoms with Crippen LogP contribution in [0.15, 0.2) is 61.2 Å². The minimum atomic E-state index is -0.746. The molecule has 0 bridgehead atoms. The Morgan fingerprint density at radius 2 is 1.92 bits per heavy atom. The molecule has 0 fully saturated rings. The predicted molar refractivity (Wildman–Crippen MR) is 98.8 cm³/mol. The van der Waals surface area contributed by atoms with Crippen LogP contribution in [0.3, 0.4) is 0 Å². The molecule has 0 heterocycles. The molecule has 1 atom stereocenters. The van der Waals surface area contributed by atoms with Crippen molar-refractivity contribution in [3.05, 3.63) is 66.7 Å². The van der Waals surface area contributed by atoms with Crippen molar-refractivity contribution in [3.8, 4) is 5.75 Å². The fourth-order valence-electron chi connectivity index (χ4n) is 2.87. The highest BCUT2D eigenvalue weighted by Crippen LogP contribution is 2.36. The van der Waals surface area contributed by atoms with Crippen LogP contribution in [0.4, 0.5) is 0 Å². The van der Waals surface area contributed by atoms with Crippen molar-refractivity contribution in [1.29, 1.82) is 0 Å². The third kappa shape index (κ3) is 3.49. The monoisotopic (exact) mass is 336 g/mol. The summed E-state index contributed by atoms with van der Waals surface area (Å²) in [6.07, 6.45) is 0.323. The van der Waals surface area contributed by atoms with Crippen molar-refractivity contribution in [1.82, 2.24) is 0 Å². The lowest BCUT2D eigenvalue weighted by molar-refractivity contribution is -0.146. The van der Waals surface area contributed by atoms with Crippen LogP contribution in [0.5, 0.6) is 5.75 Å². The summed E-state index contributed by atoms with van der Waals surface area (Å²) < 4.78 is 11.1. The maximum Gasteiger partial charge on any atom is 0.330 e. The van der Waals surface area contributed by atoms with E-state index < -0.39 is 12.1 Å². The molecule has 0 aromatic heterocycles. The van der Waals surface area contributed by atoms with Gasteiger partial charge in [-0.1, -0.05) is 49.0 Å². The van der Waals surface area contributed by atoms with Gasteiger partial charge in [0.15, 0.2) is 6.10 Å². The smallest absolute Gasteiger partial charge is 0.330 e. The van der Waals surface area contributed by atoms with E-state index in [-0.39, 0.29) is 13.2 Å². The number of aliphatic hydroxyl groups excluding tert-OH is 1. The molecular weight excluding hydrogens is 316 g/mol. The Kier molecular flexibility index (Phi) is 5.00. The number of carbonyl (C=O) groups excluding carboxylic acids is 1. The third-order valence-electron chi connectivity index (χ3n) is 4.14. The van der Waals surface area contributed by atoms with E-state index in [4.69, 9.17) is 9.47 Å². The molecule has 0 aliphatic heterocycles. The fourth-order valence-corrected chi connectivity index (χ4v) is 2.87. The lowest BCUT2D eigenvalue weighted by Crippen LogP contribution is -2.27. The second-order valence-corrected chi connectivity index (χ2v) is 5.85. The molecule has 3 rings (SSSR count). The molecule has 0 radical (unpaired) electrons. The first-order valence-electron chi connectivity index (χ1n) is 8.12. The zero-order valence-corrected chi connectivity index (χ0v) is 14.1. The van der Waals surface area contributed by atoms with E-state index in [1.807, 2.05) is 36.4 Å². The van der Waals surface area contributed by atoms with Gasteiger partial charge in [-0.15, -0.1) is 0 Å². The van der Waals surface area contributed by atoms with Crippen molar-refractivity contribution >= 4 is 27.5 Å². The van der Waals surface area contributed by atoms with E-state index in [1.54, 1.807) is 0 Å². The Morgan fingerprint density at radius 1 is 1.16 bits per heavy atom. The molecule has 0 saturated carbocycles. The Hall–Kier alpha value is -2.85. The van der Waals surface area contributed by atoms with Gasteiger partial charge < -0.3 is 14.6 Å². The topological polar surface area (TPSA) is 55.8 Å². The van der Waals surface area contributed by atoms with Gasteiger partial charge in [0.2, 0.25) is 0 Å². The Balaban J connectivity index is 2.02. The number of benzene rings is 3. The van der Waals surface area contributed by atoms with Gasteiger partial charge in [-0.05, 0) is 29.3 Å². The maximum atomic E-state index is 11.4. The van der Waals surface area contributed by atoms with Crippen molar-refractivity contribution in [2.45, 2.75) is 13.0 Å². The number of aryl methyl sites for hydroxylation is 1. The predicted octanol–water partition coefficient (Wildman–Crippen LogP) is 3.77. The molecular formula is C21H20O4. The van der Waals surface area contributed by atoms with Gasteiger partial charge >= 0.3 is 5.97 Å². The highest BCUT2D eigenvalue weighted by atomic mass is 16.6. The summed E-state index contributed by atoms with van der Waals surface area (Å²) in [6, 6.07) is 16.2. The van der Waals surface area contributed by atoms with Crippen LogP contribution in [0, 0.1) is 6.92 Å². The molecule has 1 unspecified atom stereocenters. The molecule has 0 amide bonds. The largest absolute Gasteiger partial charge is 0.488 e. The molecule has 128 valence electrons. The number of hydrogen-bond acceptors (Lipinski definition) is 4. The molecule has 4 nitrogen and oxygen atoms in total. The molecule has 0 spiro atoms. The molecule has 25 heavy (non-hydrogen) atoms. The van der Waals surface area contributed by atoms with Crippen molar-refractivity contribution < 1.29 is 19.4 Å². The van der Waals surface area contributed by atoms with Crippen LogP contribution >= 0.6 is 0 Å². The highest BCUT2D eigenvalue weighted by molar-refractivity contribution is 6.06. The van der Waals surface area contributed by atoms with Crippen LogP contribution in [0.1, 0.15) is 5.56 Å². The summed E-state index contributed by atoms with van der Waals surface area (Å²) in [6.45, 7) is 5.16. The van der Waals surface area contributed by atoms with Gasteiger partial charge in [-0.25, -0.2) is 4.79 Å². The quantitative estimate of drug-likeness (QED) is 0.423. The number of hydrogen-bond donors (Lipinski definition) is 1. The van der Waals surface area contributed by atoms with E-state index in [0.29, 0.717) is 0 Å². The number of aliphatic hydroxyl groups is 1. The first-order chi connectivity index (χ1) is 12.1. The average Bonchev–Trinajstić information content (AvgIpc) is 2.64. The summed E-state index contributed by atoms with van der Waals surface area (Å²) in [7, 11) is 0. The van der Waals surface area contributed by atoms with E-state index in [9.17, 15) is 9.90 Å². The second kappa shape index (κ2) is 7.36. The van der Waals surface area contributed by atoms with Crippen LogP contribution in [0.25, 0.3) is 21.5 Å². The average molecular weight is 336 g/mol. The normalized spacial score (nSPS) is 12.1. The maximum absolute atomic E-state index is 11.4. The van der Waals surface area contributed by atoms with Crippen molar-refractivity contribution in [2.24, 2.45) is 0 Å². The first kappa shape index (κ1) is 17.0. The summed E-state index contributed by atoms with van der Waals surface area (Å²) in [5, 5.41) is 13.6. The van der Waals surface area contributed by atoms with Gasteiger partial charge in [-0.2, -0.15) is 0 Å². The number of esters is 1. The van der Waals surface area contributed by atoms with E-state index >= 15 is 0 Å². The molecule has 0 aliphatic carbocycles. The van der Waals surface area contributed by atoms with Crippen LogP contribution < -0.4 is 4.74 Å². The minimum absolute atomic E-state index is 0.0626. The van der Waals surface area contributed by atoms with Crippen LogP contribution in [-0.2, 0) is 9.53 Å². The number of ether oxygens (including phenoxy) is 2. The number of fused-ring (bicyclic) bond motifs is 2. The zero-order valence-electron chi connectivity index (χ0n) is 14.1. The van der Waals surface area contributed by atoms with Crippen LogP contribution in [0.2, 0.25) is 0 Å². The molecule has 3 aromatic carbocycles. The van der Waals surface area contributed by atoms with E-state index in [0.717, 1.165) is 38.9 Å². The van der Waals surface area contributed by atoms with Crippen molar-refractivity contribution in [2.75, 3.05) is 13.2 Å². The standard InChI is InChI=1S/C21H20O4/c1-3-20(23)25-16(12-22)13-24-21-17-9-5-4-8-15(17)11-19-14(2)7-6-10-18(19)21/h3-11,16,22H,1,12-13H2,2H3. The fraction of sp³-hybridized carbons (Fsp3) is 0.190. The molecule has 0 aliphatic rings. The molecule has 0 saturated heterocycles. The van der Waals surface area contributed by atoms with Gasteiger partial charge in [0.05, 0.1) is 6.61 Å². The SMILES string of the molecule is C=CC(=O)OC(CO)COc1c2ccccc2cc2c(C)cccc12. The molecule has 3 aromatic rings. The Bertz CT molecular complexity index is 930. The minimum Gasteiger partial charge on any atom is -0.488 e. The zero-order chi connectivity index (χ0) is 17.8. The number of carbonyl (C=O) groups is 1. The van der Waals surface area contributed by atoms with E-state index in [1.165, 1.54) is 0 Å². The Morgan fingerprint density at radius 3 is 2.68 bits per heavy atom. The van der Waals surface area contributed by atoms with Crippen molar-refractivity contribution in [3.63, 3.8) is 0 Å². The summed E-state index contributed by atoms with van der Waals surface area (Å²) in [5.41, 5.74) is 1.16. The lowest BCUT2D eigenvalue weighted by Gasteiger charge is -2.18. The van der Waals surface area contributed by atoms with E-state index in [2.05, 4.69) is 25.6 Å². The van der Waals surface area contributed by atoms with Gasteiger partial charge in [0, 0.05) is 16.8 Å². The number of rotatable bonds is 6. The van der Waals surface area contributed by atoms with Gasteiger partial charge in [0.25, 0.3) is 0 Å². The summed E-state index contributed by atoms with van der Waals surface area (Å²) >= 11 is 0. The molecule has 4 heteroatoms.